The van der Waals surface area contributed by atoms with E-state index >= 15 is 0 Å². The molecule has 1 aromatic rings. The maximum absolute atomic E-state index is 5.62. The second-order valence-corrected chi connectivity index (χ2v) is 4.96. The van der Waals surface area contributed by atoms with Gasteiger partial charge in [0, 0.05) is 25.1 Å². The van der Waals surface area contributed by atoms with Gasteiger partial charge in [-0.05, 0) is 31.4 Å². The van der Waals surface area contributed by atoms with Crippen molar-refractivity contribution in [3.63, 3.8) is 0 Å². The molecule has 1 spiro atoms. The lowest BCUT2D eigenvalue weighted by Crippen LogP contribution is -2.58. The molecule has 16 heavy (non-hydrogen) atoms. The molecule has 0 aliphatic carbocycles. The maximum Gasteiger partial charge on any atom is 0.110 e. The zero-order chi connectivity index (χ0) is 11.0. The molecule has 0 saturated carbocycles. The maximum atomic E-state index is 5.62. The Bertz CT molecular complexity index is 374. The van der Waals surface area contributed by atoms with Crippen LogP contribution in [0.1, 0.15) is 31.1 Å². The number of rotatable bonds is 1. The monoisotopic (exact) mass is 220 g/mol. The minimum atomic E-state index is 0.181. The normalized spacial score (nSPS) is 33.9. The van der Waals surface area contributed by atoms with E-state index < -0.39 is 0 Å². The van der Waals surface area contributed by atoms with E-state index in [1.165, 1.54) is 24.2 Å². The summed E-state index contributed by atoms with van der Waals surface area (Å²) in [6.07, 6.45) is 5.28. The summed E-state index contributed by atoms with van der Waals surface area (Å²) in [5.41, 5.74) is 1.60. The van der Waals surface area contributed by atoms with Gasteiger partial charge in [-0.25, -0.2) is 0 Å². The Morgan fingerprint density at radius 2 is 2.44 bits per heavy atom. The van der Waals surface area contributed by atoms with Crippen LogP contribution >= 0.6 is 0 Å². The molecule has 2 N–H and O–H groups in total. The van der Waals surface area contributed by atoms with Crippen molar-refractivity contribution in [2.24, 2.45) is 5.92 Å². The first-order valence-electron chi connectivity index (χ1n) is 6.39. The van der Waals surface area contributed by atoms with Gasteiger partial charge in [-0.3, -0.25) is 0 Å². The molecule has 2 aliphatic rings. The Morgan fingerprint density at radius 3 is 3.31 bits per heavy atom. The first kappa shape index (κ1) is 10.4. The van der Waals surface area contributed by atoms with Crippen LogP contribution in [0.3, 0.4) is 0 Å². The second-order valence-electron chi connectivity index (χ2n) is 4.96. The standard InChI is InChI=1S/C13H20N2O/c1-2-10-9-14-7-5-13(10)11-4-8-16-12(11)3-6-15-13/h4,8,10,14-15H,2-3,5-7,9H2,1H3. The number of hydrogen-bond donors (Lipinski definition) is 2. The van der Waals surface area contributed by atoms with Gasteiger partial charge >= 0.3 is 0 Å². The molecule has 3 rings (SSSR count). The van der Waals surface area contributed by atoms with Crippen LogP contribution in [0.15, 0.2) is 16.7 Å². The number of fused-ring (bicyclic) bond motifs is 2. The molecule has 0 radical (unpaired) electrons. The van der Waals surface area contributed by atoms with Crippen LogP contribution in [0, 0.1) is 5.92 Å². The van der Waals surface area contributed by atoms with E-state index in [0.717, 1.165) is 26.1 Å². The summed E-state index contributed by atoms with van der Waals surface area (Å²) in [4.78, 5) is 0. The SMILES string of the molecule is CCC1CNCCC12NCCc1occc12. The van der Waals surface area contributed by atoms with Crippen LogP contribution in [0.5, 0.6) is 0 Å². The molecule has 2 atom stereocenters. The number of nitrogens with one attached hydrogen (secondary N) is 2. The van der Waals surface area contributed by atoms with Crippen LogP contribution in [-0.4, -0.2) is 19.6 Å². The Balaban J connectivity index is 2.04. The summed E-state index contributed by atoms with van der Waals surface area (Å²) in [5.74, 6) is 1.89. The van der Waals surface area contributed by atoms with Gasteiger partial charge in [-0.1, -0.05) is 6.92 Å². The van der Waals surface area contributed by atoms with Gasteiger partial charge in [-0.2, -0.15) is 0 Å². The fraction of sp³-hybridized carbons (Fsp3) is 0.692. The summed E-state index contributed by atoms with van der Waals surface area (Å²) in [7, 11) is 0. The highest BCUT2D eigenvalue weighted by Crippen LogP contribution is 2.41. The predicted octanol–water partition coefficient (Wildman–Crippen LogP) is 1.64. The average Bonchev–Trinajstić information content (AvgIpc) is 2.80. The van der Waals surface area contributed by atoms with Crippen molar-refractivity contribution in [1.82, 2.24) is 10.6 Å². The van der Waals surface area contributed by atoms with Gasteiger partial charge in [0.25, 0.3) is 0 Å². The van der Waals surface area contributed by atoms with E-state index in [2.05, 4.69) is 23.6 Å². The third-order valence-corrected chi connectivity index (χ3v) is 4.30. The van der Waals surface area contributed by atoms with Crippen LogP contribution in [0.2, 0.25) is 0 Å². The van der Waals surface area contributed by atoms with Crippen LogP contribution in [0.25, 0.3) is 0 Å². The molecule has 0 amide bonds. The van der Waals surface area contributed by atoms with E-state index in [0.29, 0.717) is 5.92 Å². The fourth-order valence-corrected chi connectivity index (χ4v) is 3.45. The van der Waals surface area contributed by atoms with Gasteiger partial charge in [0.15, 0.2) is 0 Å². The van der Waals surface area contributed by atoms with Crippen molar-refractivity contribution in [1.29, 1.82) is 0 Å². The summed E-state index contributed by atoms with van der Waals surface area (Å²) in [6.45, 7) is 5.56. The molecule has 1 aromatic heterocycles. The summed E-state index contributed by atoms with van der Waals surface area (Å²) in [6, 6.07) is 2.18. The minimum Gasteiger partial charge on any atom is -0.469 e. The van der Waals surface area contributed by atoms with Crippen LogP contribution < -0.4 is 10.6 Å². The molecule has 3 heteroatoms. The molecule has 2 aliphatic heterocycles. The molecule has 0 aromatic carbocycles. The van der Waals surface area contributed by atoms with E-state index in [9.17, 15) is 0 Å². The summed E-state index contributed by atoms with van der Waals surface area (Å²) in [5, 5.41) is 7.29. The molecule has 0 bridgehead atoms. The largest absolute Gasteiger partial charge is 0.469 e. The molecule has 1 saturated heterocycles. The molecule has 2 unspecified atom stereocenters. The molecule has 3 heterocycles. The lowest BCUT2D eigenvalue weighted by atomic mass is 9.70. The molecular formula is C13H20N2O. The van der Waals surface area contributed by atoms with E-state index in [1.54, 1.807) is 0 Å². The Morgan fingerprint density at radius 1 is 1.50 bits per heavy atom. The molecular weight excluding hydrogens is 200 g/mol. The van der Waals surface area contributed by atoms with Gasteiger partial charge in [0.2, 0.25) is 0 Å². The average molecular weight is 220 g/mol. The zero-order valence-corrected chi connectivity index (χ0v) is 9.88. The van der Waals surface area contributed by atoms with Crippen molar-refractivity contribution in [3.05, 3.63) is 23.7 Å². The quantitative estimate of drug-likeness (QED) is 0.755. The highest BCUT2D eigenvalue weighted by atomic mass is 16.3. The van der Waals surface area contributed by atoms with Crippen molar-refractivity contribution in [2.45, 2.75) is 31.7 Å². The molecule has 88 valence electrons. The van der Waals surface area contributed by atoms with E-state index in [-0.39, 0.29) is 5.54 Å². The van der Waals surface area contributed by atoms with Gasteiger partial charge in [0.1, 0.15) is 5.76 Å². The summed E-state index contributed by atoms with van der Waals surface area (Å²) >= 11 is 0. The smallest absolute Gasteiger partial charge is 0.110 e. The number of piperidine rings is 1. The Hall–Kier alpha value is -0.800. The molecule has 1 fully saturated rings. The highest BCUT2D eigenvalue weighted by molar-refractivity contribution is 5.32. The van der Waals surface area contributed by atoms with Gasteiger partial charge in [0.05, 0.1) is 11.8 Å². The summed E-state index contributed by atoms with van der Waals surface area (Å²) < 4.78 is 5.62. The Kier molecular flexibility index (Phi) is 2.52. The Labute approximate surface area is 96.6 Å². The first-order valence-corrected chi connectivity index (χ1v) is 6.39. The van der Waals surface area contributed by atoms with Crippen molar-refractivity contribution < 1.29 is 4.42 Å². The lowest BCUT2D eigenvalue weighted by Gasteiger charge is -2.47. The van der Waals surface area contributed by atoms with Crippen LogP contribution in [-0.2, 0) is 12.0 Å². The fourth-order valence-electron chi connectivity index (χ4n) is 3.45. The predicted molar refractivity (Wildman–Crippen MR) is 63.4 cm³/mol. The number of hydrogen-bond acceptors (Lipinski definition) is 3. The topological polar surface area (TPSA) is 37.2 Å². The lowest BCUT2D eigenvalue weighted by molar-refractivity contribution is 0.137. The van der Waals surface area contributed by atoms with Crippen molar-refractivity contribution in [2.75, 3.05) is 19.6 Å². The van der Waals surface area contributed by atoms with Gasteiger partial charge in [-0.15, -0.1) is 0 Å². The zero-order valence-electron chi connectivity index (χ0n) is 9.88. The second kappa shape index (κ2) is 3.90. The minimum absolute atomic E-state index is 0.181. The third-order valence-electron chi connectivity index (χ3n) is 4.30. The highest BCUT2D eigenvalue weighted by Gasteiger charge is 2.44. The third kappa shape index (κ3) is 1.35. The van der Waals surface area contributed by atoms with Crippen LogP contribution in [0.4, 0.5) is 0 Å². The van der Waals surface area contributed by atoms with Gasteiger partial charge < -0.3 is 15.1 Å². The van der Waals surface area contributed by atoms with Crippen molar-refractivity contribution >= 4 is 0 Å². The molecule has 3 nitrogen and oxygen atoms in total. The van der Waals surface area contributed by atoms with E-state index in [4.69, 9.17) is 4.42 Å². The first-order chi connectivity index (χ1) is 7.87. The number of furan rings is 1. The van der Waals surface area contributed by atoms with E-state index in [1.807, 2.05) is 6.26 Å². The van der Waals surface area contributed by atoms with Crippen molar-refractivity contribution in [3.8, 4) is 0 Å².